The average molecular weight is 348 g/mol. The van der Waals surface area contributed by atoms with Gasteiger partial charge in [0.25, 0.3) is 0 Å². The van der Waals surface area contributed by atoms with E-state index in [9.17, 15) is 13.9 Å². The third kappa shape index (κ3) is 2.81. The molecule has 1 N–H and O–H groups in total. The molecule has 2 aromatic rings. The largest absolute Gasteiger partial charge is 0.383 e. The van der Waals surface area contributed by atoms with Crippen molar-refractivity contribution in [1.29, 1.82) is 0 Å². The average Bonchev–Trinajstić information content (AvgIpc) is 2.36. The van der Waals surface area contributed by atoms with Gasteiger partial charge in [-0.05, 0) is 40.5 Å². The SMILES string of the molecule is Cc1cc(C(O)c2cccc(Br)c2Cl)c(F)cc1F. The van der Waals surface area contributed by atoms with Crippen molar-refractivity contribution in [2.24, 2.45) is 0 Å². The maximum atomic E-state index is 13.7. The summed E-state index contributed by atoms with van der Waals surface area (Å²) < 4.78 is 27.6. The van der Waals surface area contributed by atoms with Crippen LogP contribution in [-0.2, 0) is 0 Å². The summed E-state index contributed by atoms with van der Waals surface area (Å²) in [6, 6.07) is 7.04. The first-order valence-corrected chi connectivity index (χ1v) is 6.66. The molecular weight excluding hydrogens is 338 g/mol. The number of aliphatic hydroxyl groups excluding tert-OH is 1. The van der Waals surface area contributed by atoms with Crippen molar-refractivity contribution in [2.45, 2.75) is 13.0 Å². The molecule has 0 fully saturated rings. The lowest BCUT2D eigenvalue weighted by Gasteiger charge is -2.15. The Kier molecular flexibility index (Phi) is 4.23. The molecule has 0 saturated heterocycles. The van der Waals surface area contributed by atoms with Crippen molar-refractivity contribution >= 4 is 27.5 Å². The van der Waals surface area contributed by atoms with Gasteiger partial charge < -0.3 is 5.11 Å². The molecule has 2 aromatic carbocycles. The molecule has 2 rings (SSSR count). The number of aliphatic hydroxyl groups is 1. The van der Waals surface area contributed by atoms with Crippen molar-refractivity contribution in [3.63, 3.8) is 0 Å². The fraction of sp³-hybridized carbons (Fsp3) is 0.143. The molecule has 0 aliphatic heterocycles. The van der Waals surface area contributed by atoms with E-state index in [0.29, 0.717) is 15.1 Å². The second-order valence-corrected chi connectivity index (χ2v) is 5.40. The zero-order valence-electron chi connectivity index (χ0n) is 9.92. The molecule has 100 valence electrons. The van der Waals surface area contributed by atoms with Crippen LogP contribution in [0.1, 0.15) is 22.8 Å². The summed E-state index contributed by atoms with van der Waals surface area (Å²) >= 11 is 9.29. The fourth-order valence-electron chi connectivity index (χ4n) is 1.79. The fourth-order valence-corrected chi connectivity index (χ4v) is 2.40. The Labute approximate surface area is 123 Å². The molecule has 0 aliphatic rings. The number of rotatable bonds is 2. The van der Waals surface area contributed by atoms with E-state index >= 15 is 0 Å². The Morgan fingerprint density at radius 2 is 1.84 bits per heavy atom. The molecule has 0 radical (unpaired) electrons. The number of hydrogen-bond acceptors (Lipinski definition) is 1. The smallest absolute Gasteiger partial charge is 0.132 e. The zero-order valence-corrected chi connectivity index (χ0v) is 12.3. The third-order valence-corrected chi connectivity index (χ3v) is 4.16. The Hall–Kier alpha value is -0.970. The van der Waals surface area contributed by atoms with Gasteiger partial charge in [0.15, 0.2) is 0 Å². The first-order chi connectivity index (χ1) is 8.91. The van der Waals surface area contributed by atoms with Gasteiger partial charge in [-0.15, -0.1) is 0 Å². The second-order valence-electron chi connectivity index (χ2n) is 4.17. The summed E-state index contributed by atoms with van der Waals surface area (Å²) in [4.78, 5) is 0. The third-order valence-electron chi connectivity index (χ3n) is 2.85. The van der Waals surface area contributed by atoms with E-state index in [-0.39, 0.29) is 11.1 Å². The summed E-state index contributed by atoms with van der Waals surface area (Å²) in [5.74, 6) is -1.44. The van der Waals surface area contributed by atoms with Crippen LogP contribution in [0.2, 0.25) is 5.02 Å². The lowest BCUT2D eigenvalue weighted by atomic mass is 9.99. The summed E-state index contributed by atoms with van der Waals surface area (Å²) in [6.07, 6.45) is -1.25. The minimum Gasteiger partial charge on any atom is -0.383 e. The quantitative estimate of drug-likeness (QED) is 0.829. The van der Waals surface area contributed by atoms with Crippen LogP contribution in [0.15, 0.2) is 34.8 Å². The molecule has 0 saturated carbocycles. The van der Waals surface area contributed by atoms with Crippen LogP contribution >= 0.6 is 27.5 Å². The van der Waals surface area contributed by atoms with E-state index in [1.54, 1.807) is 18.2 Å². The van der Waals surface area contributed by atoms with Gasteiger partial charge in [-0.1, -0.05) is 23.7 Å². The van der Waals surface area contributed by atoms with Crippen LogP contribution in [0.4, 0.5) is 8.78 Å². The van der Waals surface area contributed by atoms with Crippen LogP contribution in [0.25, 0.3) is 0 Å². The van der Waals surface area contributed by atoms with Gasteiger partial charge in [-0.3, -0.25) is 0 Å². The van der Waals surface area contributed by atoms with Gasteiger partial charge >= 0.3 is 0 Å². The van der Waals surface area contributed by atoms with E-state index in [4.69, 9.17) is 11.6 Å². The highest BCUT2D eigenvalue weighted by molar-refractivity contribution is 9.10. The van der Waals surface area contributed by atoms with E-state index in [1.165, 1.54) is 13.0 Å². The van der Waals surface area contributed by atoms with Gasteiger partial charge in [0, 0.05) is 21.7 Å². The second kappa shape index (κ2) is 5.57. The zero-order chi connectivity index (χ0) is 14.2. The normalized spacial score (nSPS) is 12.5. The molecule has 0 heterocycles. The Balaban J connectivity index is 2.53. The van der Waals surface area contributed by atoms with Gasteiger partial charge in [-0.25, -0.2) is 8.78 Å². The number of halogens is 4. The molecule has 1 unspecified atom stereocenters. The summed E-state index contributed by atoms with van der Waals surface area (Å²) in [7, 11) is 0. The van der Waals surface area contributed by atoms with Crippen molar-refractivity contribution in [1.82, 2.24) is 0 Å². The molecule has 0 spiro atoms. The molecular formula is C14H10BrClF2O. The first kappa shape index (κ1) is 14.4. The Bertz CT molecular complexity index is 631. The molecule has 1 nitrogen and oxygen atoms in total. The maximum absolute atomic E-state index is 13.7. The maximum Gasteiger partial charge on any atom is 0.132 e. The van der Waals surface area contributed by atoms with Crippen LogP contribution in [0.3, 0.4) is 0 Å². The molecule has 19 heavy (non-hydrogen) atoms. The van der Waals surface area contributed by atoms with Crippen molar-refractivity contribution in [3.05, 3.63) is 68.2 Å². The highest BCUT2D eigenvalue weighted by atomic mass is 79.9. The van der Waals surface area contributed by atoms with Crippen LogP contribution in [0, 0.1) is 18.6 Å². The highest BCUT2D eigenvalue weighted by Gasteiger charge is 2.20. The minimum absolute atomic E-state index is 0.00102. The molecule has 1 atom stereocenters. The standard InChI is InChI=1S/C14H10BrClF2O/c1-7-5-9(12(18)6-11(7)17)14(19)8-3-2-4-10(15)13(8)16/h2-6,14,19H,1H3. The highest BCUT2D eigenvalue weighted by Crippen LogP contribution is 2.34. The number of benzene rings is 2. The predicted molar refractivity (Wildman–Crippen MR) is 74.3 cm³/mol. The van der Waals surface area contributed by atoms with E-state index in [2.05, 4.69) is 15.9 Å². The summed E-state index contributed by atoms with van der Waals surface area (Å²) in [5, 5.41) is 10.5. The van der Waals surface area contributed by atoms with Crippen LogP contribution in [-0.4, -0.2) is 5.11 Å². The summed E-state index contributed by atoms with van der Waals surface area (Å²) in [6.45, 7) is 1.51. The molecule has 0 aromatic heterocycles. The van der Waals surface area contributed by atoms with E-state index in [0.717, 1.165) is 6.07 Å². The van der Waals surface area contributed by atoms with Crippen molar-refractivity contribution in [3.8, 4) is 0 Å². The monoisotopic (exact) mass is 346 g/mol. The molecule has 0 aliphatic carbocycles. The van der Waals surface area contributed by atoms with Gasteiger partial charge in [-0.2, -0.15) is 0 Å². The molecule has 5 heteroatoms. The summed E-state index contributed by atoms with van der Waals surface area (Å²) in [5.41, 5.74) is 0.626. The lowest BCUT2D eigenvalue weighted by molar-refractivity contribution is 0.214. The van der Waals surface area contributed by atoms with Crippen LogP contribution < -0.4 is 0 Å². The van der Waals surface area contributed by atoms with Crippen molar-refractivity contribution in [2.75, 3.05) is 0 Å². The molecule has 0 amide bonds. The topological polar surface area (TPSA) is 20.2 Å². The van der Waals surface area contributed by atoms with Gasteiger partial charge in [0.1, 0.15) is 17.7 Å². The van der Waals surface area contributed by atoms with Crippen LogP contribution in [0.5, 0.6) is 0 Å². The van der Waals surface area contributed by atoms with Gasteiger partial charge in [0.2, 0.25) is 0 Å². The Morgan fingerprint density at radius 1 is 1.16 bits per heavy atom. The predicted octanol–water partition coefficient (Wildman–Crippen LogP) is 4.77. The van der Waals surface area contributed by atoms with Crippen molar-refractivity contribution < 1.29 is 13.9 Å². The lowest BCUT2D eigenvalue weighted by Crippen LogP contribution is -2.05. The first-order valence-electron chi connectivity index (χ1n) is 5.49. The van der Waals surface area contributed by atoms with E-state index < -0.39 is 17.7 Å². The number of aryl methyl sites for hydroxylation is 1. The van der Waals surface area contributed by atoms with E-state index in [1.807, 2.05) is 0 Å². The number of hydrogen-bond donors (Lipinski definition) is 1. The van der Waals surface area contributed by atoms with Gasteiger partial charge in [0.05, 0.1) is 5.02 Å². The Morgan fingerprint density at radius 3 is 2.53 bits per heavy atom. The minimum atomic E-state index is -1.25. The molecule has 0 bridgehead atoms.